The fraction of sp³-hybridized carbons (Fsp3) is 1.00. The minimum atomic E-state index is -2.82. The smallest absolute Gasteiger partial charge is 0.793 e. The van der Waals surface area contributed by atoms with E-state index in [1.165, 1.54) is 138 Å². The zero-order valence-corrected chi connectivity index (χ0v) is 38.2. The van der Waals surface area contributed by atoms with Crippen molar-refractivity contribution in [3.63, 3.8) is 0 Å². The first-order chi connectivity index (χ1) is 20.2. The molecule has 0 aliphatic heterocycles. The van der Waals surface area contributed by atoms with Crippen molar-refractivity contribution in [2.45, 2.75) is 182 Å². The fourth-order valence-corrected chi connectivity index (χ4v) is 11.1. The Kier molecular flexibility index (Phi) is 47.1. The molecule has 2 unspecified atom stereocenters. The van der Waals surface area contributed by atoms with E-state index in [-0.39, 0.29) is 48.9 Å². The molecule has 0 aromatic heterocycles. The van der Waals surface area contributed by atoms with Crippen LogP contribution in [0.1, 0.15) is 182 Å². The average molecular weight is 844 g/mol. The first-order valence-corrected chi connectivity index (χ1v) is 25.9. The van der Waals surface area contributed by atoms with Crippen LogP contribution in [0.15, 0.2) is 0 Å². The Hall–Kier alpha value is 3.41. The summed E-state index contributed by atoms with van der Waals surface area (Å²) in [5.41, 5.74) is -5.63. The van der Waals surface area contributed by atoms with Gasteiger partial charge in [0.25, 0.3) is 0 Å². The van der Waals surface area contributed by atoms with E-state index in [0.29, 0.717) is 13.2 Å². The molecule has 11 heteroatoms. The second kappa shape index (κ2) is 39.8. The summed E-state index contributed by atoms with van der Waals surface area (Å²) in [7, 11) is 0. The molecular weight excluding hydrogens is 776 g/mol. The zero-order chi connectivity index (χ0) is 31.6. The molecule has 0 heterocycles. The van der Waals surface area contributed by atoms with Crippen molar-refractivity contribution in [2.24, 2.45) is 0 Å². The first kappa shape index (κ1) is 50.8. The van der Waals surface area contributed by atoms with Crippen molar-refractivity contribution in [1.82, 2.24) is 0 Å². The summed E-state index contributed by atoms with van der Waals surface area (Å²) < 4.78 is 10.8. The van der Waals surface area contributed by atoms with Gasteiger partial charge in [-0.05, 0) is 37.2 Å². The van der Waals surface area contributed by atoms with Crippen LogP contribution < -0.4 is 9.79 Å². The summed E-state index contributed by atoms with van der Waals surface area (Å²) in [4.78, 5) is 24.1. The van der Waals surface area contributed by atoms with Gasteiger partial charge >= 0.3 is 48.9 Å². The van der Waals surface area contributed by atoms with E-state index in [9.17, 15) is 9.79 Å². The zero-order valence-electron chi connectivity index (χ0n) is 28.7. The van der Waals surface area contributed by atoms with Gasteiger partial charge in [-0.3, -0.25) is 0 Å². The molecule has 0 aromatic carbocycles. The monoisotopic (exact) mass is 844 g/mol. The van der Waals surface area contributed by atoms with Crippen LogP contribution in [0.3, 0.4) is 0 Å². The summed E-state index contributed by atoms with van der Waals surface area (Å²) in [6, 6.07) is 0. The molecule has 0 saturated heterocycles. The van der Waals surface area contributed by atoms with Gasteiger partial charge in [0.05, 0.1) is 13.2 Å². The van der Waals surface area contributed by atoms with Crippen molar-refractivity contribution in [1.29, 1.82) is 0 Å². The van der Waals surface area contributed by atoms with E-state index < -0.39 is 11.4 Å². The van der Waals surface area contributed by atoms with E-state index in [2.05, 4.69) is 27.7 Å². The molecule has 0 saturated carbocycles. The molecule has 0 N–H and O–H groups in total. The third-order valence-corrected chi connectivity index (χ3v) is 15.7. The number of hydrogen-bond acceptors (Lipinski definition) is 8. The average Bonchev–Trinajstić information content (AvgIpc) is 2.95. The third kappa shape index (κ3) is 45.4. The molecule has 0 amide bonds. The van der Waals surface area contributed by atoms with E-state index in [1.807, 2.05) is 0 Å². The summed E-state index contributed by atoms with van der Waals surface area (Å²) >= 11 is 12.9. The van der Waals surface area contributed by atoms with Crippen LogP contribution >= 0.6 is 34.2 Å². The molecule has 256 valence electrons. The van der Waals surface area contributed by atoms with Gasteiger partial charge in [-0.15, -0.1) is 22.8 Å². The molecule has 0 aliphatic carbocycles. The van der Waals surface area contributed by atoms with Crippen LogP contribution in [0, 0.1) is 0 Å². The Labute approximate surface area is 328 Å². The summed E-state index contributed by atoms with van der Waals surface area (Å²) in [5, 5.41) is 0. The van der Waals surface area contributed by atoms with Gasteiger partial charge in [0, 0.05) is 11.4 Å². The van der Waals surface area contributed by atoms with Gasteiger partial charge in [-0.1, -0.05) is 180 Å². The second-order valence-corrected chi connectivity index (χ2v) is 23.6. The Morgan fingerprint density at radius 1 is 0.419 bits per heavy atom. The van der Waals surface area contributed by atoms with E-state index in [0.717, 1.165) is 50.0 Å². The van der Waals surface area contributed by atoms with Crippen molar-refractivity contribution in [3.05, 3.63) is 0 Å². The Morgan fingerprint density at radius 3 is 0.930 bits per heavy atom. The van der Waals surface area contributed by atoms with Gasteiger partial charge in [0.15, 0.2) is 0 Å². The molecule has 0 spiro atoms. The maximum atomic E-state index is 12.0. The van der Waals surface area contributed by atoms with Gasteiger partial charge in [-0.2, -0.15) is 0 Å². The molecule has 4 nitrogen and oxygen atoms in total. The van der Waals surface area contributed by atoms with Crippen LogP contribution in [-0.2, 0) is 32.7 Å². The SMILES string of the molecule is CCCCCCCCOP([O-])(=S)SCCCCCCCC.CCCCCCCCOP([O-])(=S)SCCCCCCCC.[Ba+2]. The summed E-state index contributed by atoms with van der Waals surface area (Å²) in [5.74, 6) is 1.76. The van der Waals surface area contributed by atoms with Gasteiger partial charge in [-0.25, -0.2) is 0 Å². The molecule has 43 heavy (non-hydrogen) atoms. The predicted molar refractivity (Wildman–Crippen MR) is 205 cm³/mol. The van der Waals surface area contributed by atoms with Crippen LogP contribution in [0.2, 0.25) is 0 Å². The van der Waals surface area contributed by atoms with Crippen molar-refractivity contribution in [3.8, 4) is 0 Å². The number of hydrogen-bond donors (Lipinski definition) is 0. The van der Waals surface area contributed by atoms with Crippen LogP contribution in [0.4, 0.5) is 0 Å². The molecule has 0 bridgehead atoms. The largest absolute Gasteiger partial charge is 2.00 e. The van der Waals surface area contributed by atoms with Gasteiger partial charge in [0.2, 0.25) is 0 Å². The molecular formula is C32H68BaO4P2S4. The maximum absolute atomic E-state index is 12.0. The Morgan fingerprint density at radius 2 is 0.651 bits per heavy atom. The second-order valence-electron chi connectivity index (χ2n) is 11.3. The molecule has 0 aliphatic rings. The van der Waals surface area contributed by atoms with Gasteiger partial charge in [0.1, 0.15) is 0 Å². The Balaban J connectivity index is -0.000000727. The third-order valence-electron chi connectivity index (χ3n) is 6.99. The predicted octanol–water partition coefficient (Wildman–Crippen LogP) is 11.7. The minimum Gasteiger partial charge on any atom is -0.793 e. The van der Waals surface area contributed by atoms with Crippen LogP contribution in [0.25, 0.3) is 0 Å². The van der Waals surface area contributed by atoms with E-state index in [4.69, 9.17) is 32.7 Å². The van der Waals surface area contributed by atoms with Crippen LogP contribution in [-0.4, -0.2) is 73.6 Å². The molecule has 0 aromatic rings. The topological polar surface area (TPSA) is 64.6 Å². The van der Waals surface area contributed by atoms with Crippen molar-refractivity contribution < 1.29 is 18.8 Å². The molecule has 0 rings (SSSR count). The molecule has 0 fully saturated rings. The number of unbranched alkanes of at least 4 members (excludes halogenated alkanes) is 20. The molecule has 2 atom stereocenters. The van der Waals surface area contributed by atoms with E-state index >= 15 is 0 Å². The molecule has 0 radical (unpaired) electrons. The number of rotatable bonds is 32. The Bertz CT molecular complexity index is 540. The minimum absolute atomic E-state index is 0. The quantitative estimate of drug-likeness (QED) is 0.0377. The fourth-order valence-electron chi connectivity index (χ4n) is 4.31. The van der Waals surface area contributed by atoms with Gasteiger partial charge < -0.3 is 18.8 Å². The van der Waals surface area contributed by atoms with E-state index in [1.54, 1.807) is 0 Å². The van der Waals surface area contributed by atoms with Crippen LogP contribution in [0.5, 0.6) is 0 Å². The first-order valence-electron chi connectivity index (χ1n) is 17.4. The maximum Gasteiger partial charge on any atom is 2.00 e. The van der Waals surface area contributed by atoms with Crippen molar-refractivity contribution in [2.75, 3.05) is 24.7 Å². The standard InChI is InChI=1S/2C16H35O2PS2.Ba/c2*1-3-5-7-9-11-13-15-18-19(17,20)21-16-14-12-10-8-6-4-2;/h2*3-16H2,1-2H3,(H,17,20);/q;;+2/p-2. The normalized spacial score (nSPS) is 13.9. The summed E-state index contributed by atoms with van der Waals surface area (Å²) in [6.45, 7) is 10.0. The van der Waals surface area contributed by atoms with Crippen molar-refractivity contribution >= 4 is 107 Å². The summed E-state index contributed by atoms with van der Waals surface area (Å²) in [6.07, 6.45) is 29.7.